The third-order valence-electron chi connectivity index (χ3n) is 3.18. The van der Waals surface area contributed by atoms with Gasteiger partial charge in [0.25, 0.3) is 5.91 Å². The van der Waals surface area contributed by atoms with Crippen molar-refractivity contribution in [2.45, 2.75) is 12.8 Å². The molecule has 2 aromatic rings. The highest BCUT2D eigenvalue weighted by Gasteiger charge is 2.30. The van der Waals surface area contributed by atoms with Gasteiger partial charge in [-0.1, -0.05) is 18.2 Å². The lowest BCUT2D eigenvalue weighted by atomic mass is 10.3. The van der Waals surface area contributed by atoms with Crippen molar-refractivity contribution in [2.75, 3.05) is 0 Å². The highest BCUT2D eigenvalue weighted by atomic mass is 16.3. The van der Waals surface area contributed by atoms with Gasteiger partial charge in [-0.3, -0.25) is 20.4 Å². The van der Waals surface area contributed by atoms with Crippen LogP contribution in [0, 0.1) is 5.92 Å². The average molecular weight is 286 g/mol. The van der Waals surface area contributed by atoms with E-state index in [1.807, 2.05) is 18.2 Å². The van der Waals surface area contributed by atoms with Gasteiger partial charge in [0.05, 0.1) is 11.9 Å². The van der Waals surface area contributed by atoms with Crippen molar-refractivity contribution in [1.29, 1.82) is 0 Å². The van der Waals surface area contributed by atoms with Crippen LogP contribution < -0.4 is 10.9 Å². The van der Waals surface area contributed by atoms with Crippen LogP contribution in [0.3, 0.4) is 0 Å². The van der Waals surface area contributed by atoms with Crippen LogP contribution in [-0.2, 0) is 4.79 Å². The molecular formula is C14H14N4O3. The summed E-state index contributed by atoms with van der Waals surface area (Å²) in [5.41, 5.74) is 5.14. The molecule has 3 rings (SSSR count). The lowest BCUT2D eigenvalue weighted by Gasteiger charge is -2.04. The second-order valence-electron chi connectivity index (χ2n) is 4.86. The molecule has 0 aliphatic heterocycles. The minimum atomic E-state index is -0.656. The van der Waals surface area contributed by atoms with E-state index in [-0.39, 0.29) is 23.3 Å². The summed E-state index contributed by atoms with van der Waals surface area (Å²) in [4.78, 5) is 23.3. The normalized spacial score (nSPS) is 13.7. The van der Waals surface area contributed by atoms with Gasteiger partial charge in [0.2, 0.25) is 5.91 Å². The third kappa shape index (κ3) is 2.86. The number of benzene rings is 1. The lowest BCUT2D eigenvalue weighted by molar-refractivity contribution is -0.123. The largest absolute Gasteiger partial charge is 0.504 e. The molecule has 0 atom stereocenters. The van der Waals surface area contributed by atoms with E-state index in [4.69, 9.17) is 0 Å². The minimum Gasteiger partial charge on any atom is -0.504 e. The highest BCUT2D eigenvalue weighted by Crippen LogP contribution is 2.28. The zero-order chi connectivity index (χ0) is 14.8. The van der Waals surface area contributed by atoms with Gasteiger partial charge in [0.1, 0.15) is 0 Å². The quantitative estimate of drug-likeness (QED) is 0.725. The van der Waals surface area contributed by atoms with Gasteiger partial charge < -0.3 is 5.11 Å². The Kier molecular flexibility index (Phi) is 3.31. The van der Waals surface area contributed by atoms with E-state index in [0.29, 0.717) is 5.69 Å². The standard InChI is InChI=1S/C14H14N4O3/c19-11-8-18(10-4-2-1-3-5-10)17-12(11)14(21)16-15-13(20)9-6-7-9/h1-5,8-9,19H,6-7H2,(H,15,20)(H,16,21). The molecule has 1 aromatic carbocycles. The number of rotatable bonds is 3. The number of hydrogen-bond acceptors (Lipinski definition) is 4. The molecule has 1 saturated carbocycles. The number of para-hydroxylation sites is 1. The molecule has 1 aromatic heterocycles. The molecule has 2 amide bonds. The molecule has 0 radical (unpaired) electrons. The zero-order valence-electron chi connectivity index (χ0n) is 11.1. The first kappa shape index (κ1) is 13.2. The maximum absolute atomic E-state index is 11.9. The van der Waals surface area contributed by atoms with Crippen molar-refractivity contribution in [3.63, 3.8) is 0 Å². The molecule has 7 heteroatoms. The molecule has 1 aliphatic rings. The molecule has 1 fully saturated rings. The van der Waals surface area contributed by atoms with Gasteiger partial charge >= 0.3 is 0 Å². The fourth-order valence-corrected chi connectivity index (χ4v) is 1.86. The topological polar surface area (TPSA) is 96.3 Å². The second kappa shape index (κ2) is 5.28. The summed E-state index contributed by atoms with van der Waals surface area (Å²) in [6.45, 7) is 0. The van der Waals surface area contributed by atoms with E-state index in [1.54, 1.807) is 12.1 Å². The predicted molar refractivity (Wildman–Crippen MR) is 73.6 cm³/mol. The van der Waals surface area contributed by atoms with E-state index in [0.717, 1.165) is 12.8 Å². The van der Waals surface area contributed by atoms with Gasteiger partial charge in [-0.2, -0.15) is 5.10 Å². The molecule has 0 bridgehead atoms. The smallest absolute Gasteiger partial charge is 0.294 e. The van der Waals surface area contributed by atoms with E-state index < -0.39 is 5.91 Å². The molecule has 21 heavy (non-hydrogen) atoms. The Hall–Kier alpha value is -2.83. The maximum Gasteiger partial charge on any atom is 0.294 e. The van der Waals surface area contributed by atoms with Crippen LogP contribution in [0.15, 0.2) is 36.5 Å². The number of hydrogen-bond donors (Lipinski definition) is 3. The summed E-state index contributed by atoms with van der Waals surface area (Å²) < 4.78 is 1.40. The first-order valence-electron chi connectivity index (χ1n) is 6.59. The van der Waals surface area contributed by atoms with Gasteiger partial charge in [-0.25, -0.2) is 4.68 Å². The predicted octanol–water partition coefficient (Wildman–Crippen LogP) is 0.749. The number of aromatic nitrogens is 2. The van der Waals surface area contributed by atoms with Crippen molar-refractivity contribution in [1.82, 2.24) is 20.6 Å². The zero-order valence-corrected chi connectivity index (χ0v) is 11.1. The van der Waals surface area contributed by atoms with Crippen LogP contribution in [0.5, 0.6) is 5.75 Å². The van der Waals surface area contributed by atoms with Crippen molar-refractivity contribution in [3.05, 3.63) is 42.2 Å². The summed E-state index contributed by atoms with van der Waals surface area (Å²) in [6.07, 6.45) is 3.03. The summed E-state index contributed by atoms with van der Waals surface area (Å²) in [5, 5.41) is 13.8. The third-order valence-corrected chi connectivity index (χ3v) is 3.18. The Labute approximate surface area is 120 Å². The first-order valence-corrected chi connectivity index (χ1v) is 6.59. The molecular weight excluding hydrogens is 272 g/mol. The number of aromatic hydroxyl groups is 1. The molecule has 1 aliphatic carbocycles. The Balaban J connectivity index is 1.71. The Morgan fingerprint density at radius 2 is 1.90 bits per heavy atom. The molecule has 3 N–H and O–H groups in total. The summed E-state index contributed by atoms with van der Waals surface area (Å²) in [5.74, 6) is -1.14. The number of hydrazine groups is 1. The summed E-state index contributed by atoms with van der Waals surface area (Å²) >= 11 is 0. The van der Waals surface area contributed by atoms with Crippen LogP contribution in [0.25, 0.3) is 5.69 Å². The van der Waals surface area contributed by atoms with E-state index >= 15 is 0 Å². The van der Waals surface area contributed by atoms with Crippen molar-refractivity contribution < 1.29 is 14.7 Å². The van der Waals surface area contributed by atoms with Crippen LogP contribution in [0.4, 0.5) is 0 Å². The Morgan fingerprint density at radius 1 is 1.19 bits per heavy atom. The average Bonchev–Trinajstić information content (AvgIpc) is 3.28. The van der Waals surface area contributed by atoms with Crippen LogP contribution in [0.1, 0.15) is 23.3 Å². The number of carbonyl (C=O) groups is 2. The highest BCUT2D eigenvalue weighted by molar-refractivity contribution is 5.96. The monoisotopic (exact) mass is 286 g/mol. The Bertz CT molecular complexity index is 677. The molecule has 108 valence electrons. The molecule has 1 heterocycles. The van der Waals surface area contributed by atoms with Crippen molar-refractivity contribution in [2.24, 2.45) is 5.92 Å². The fraction of sp³-hybridized carbons (Fsp3) is 0.214. The summed E-state index contributed by atoms with van der Waals surface area (Å²) in [7, 11) is 0. The van der Waals surface area contributed by atoms with Gasteiger partial charge in [0, 0.05) is 5.92 Å². The maximum atomic E-state index is 11.9. The SMILES string of the molecule is O=C(NNC(=O)C1CC1)c1nn(-c2ccccc2)cc1O. The molecule has 0 spiro atoms. The van der Waals surface area contributed by atoms with E-state index in [1.165, 1.54) is 10.9 Å². The van der Waals surface area contributed by atoms with Crippen molar-refractivity contribution >= 4 is 11.8 Å². The lowest BCUT2D eigenvalue weighted by Crippen LogP contribution is -2.42. The van der Waals surface area contributed by atoms with E-state index in [9.17, 15) is 14.7 Å². The molecule has 0 saturated heterocycles. The van der Waals surface area contributed by atoms with Crippen LogP contribution >= 0.6 is 0 Å². The second-order valence-corrected chi connectivity index (χ2v) is 4.86. The first-order chi connectivity index (χ1) is 10.1. The van der Waals surface area contributed by atoms with Gasteiger partial charge in [-0.05, 0) is 25.0 Å². The van der Waals surface area contributed by atoms with E-state index in [2.05, 4.69) is 16.0 Å². The molecule has 7 nitrogen and oxygen atoms in total. The van der Waals surface area contributed by atoms with Crippen LogP contribution in [-0.4, -0.2) is 26.7 Å². The van der Waals surface area contributed by atoms with Gasteiger partial charge in [-0.15, -0.1) is 0 Å². The number of nitrogens with zero attached hydrogens (tertiary/aromatic N) is 2. The number of amides is 2. The number of nitrogens with one attached hydrogen (secondary N) is 2. The molecule has 0 unspecified atom stereocenters. The van der Waals surface area contributed by atoms with Crippen molar-refractivity contribution in [3.8, 4) is 11.4 Å². The Morgan fingerprint density at radius 3 is 2.57 bits per heavy atom. The fourth-order valence-electron chi connectivity index (χ4n) is 1.86. The number of carbonyl (C=O) groups excluding carboxylic acids is 2. The summed E-state index contributed by atoms with van der Waals surface area (Å²) in [6, 6.07) is 9.09. The van der Waals surface area contributed by atoms with Crippen LogP contribution in [0.2, 0.25) is 0 Å². The van der Waals surface area contributed by atoms with Gasteiger partial charge in [0.15, 0.2) is 11.4 Å². The minimum absolute atomic E-state index is 0.0132.